The lowest BCUT2D eigenvalue weighted by Crippen LogP contribution is -2.61. The lowest BCUT2D eigenvalue weighted by atomic mass is 9.93. The fourth-order valence-electron chi connectivity index (χ4n) is 3.50. The zero-order chi connectivity index (χ0) is 26.8. The summed E-state index contributed by atoms with van der Waals surface area (Å²) < 4.78 is 27.1. The zero-order valence-electron chi connectivity index (χ0n) is 20.2. The highest BCUT2D eigenvalue weighted by Gasteiger charge is 2.51. The molecule has 13 nitrogen and oxygen atoms in total. The smallest absolute Gasteiger partial charge is 0.303 e. The van der Waals surface area contributed by atoms with Crippen molar-refractivity contribution in [2.75, 3.05) is 18.5 Å². The van der Waals surface area contributed by atoms with Crippen molar-refractivity contribution in [2.24, 2.45) is 0 Å². The number of esters is 4. The van der Waals surface area contributed by atoms with Gasteiger partial charge in [-0.1, -0.05) is 12.2 Å². The Hall–Kier alpha value is -4.00. The minimum Gasteiger partial charge on any atom is -0.463 e. The van der Waals surface area contributed by atoms with Gasteiger partial charge < -0.3 is 29.0 Å². The molecule has 36 heavy (non-hydrogen) atoms. The standard InChI is InChI=1S/C23H28N2O11/c1-13(26)32-12-20-22(34-15(3)28)23(35-16(4)29)21(33-14(2)27)19(36-20)6-5-11-24-17-7-9-18(10-8-17)25(30)31/h5-10,19-24H,11-12H2,1-4H3/b6-5+/t19-,20+,21-,22-,23+/m0/s1. The highest BCUT2D eigenvalue weighted by Crippen LogP contribution is 2.30. The van der Waals surface area contributed by atoms with Crippen LogP contribution in [0.4, 0.5) is 11.4 Å². The van der Waals surface area contributed by atoms with Gasteiger partial charge in [0, 0.05) is 52.1 Å². The van der Waals surface area contributed by atoms with E-state index in [1.807, 2.05) is 0 Å². The summed E-state index contributed by atoms with van der Waals surface area (Å²) in [6.07, 6.45) is -2.47. The monoisotopic (exact) mass is 508 g/mol. The average molecular weight is 508 g/mol. The molecule has 0 radical (unpaired) electrons. The highest BCUT2D eigenvalue weighted by molar-refractivity contribution is 5.68. The number of hydrogen-bond acceptors (Lipinski definition) is 12. The number of nitro benzene ring substituents is 1. The Morgan fingerprint density at radius 2 is 1.47 bits per heavy atom. The van der Waals surface area contributed by atoms with Crippen molar-refractivity contribution in [3.05, 3.63) is 46.5 Å². The van der Waals surface area contributed by atoms with Gasteiger partial charge in [-0.25, -0.2) is 0 Å². The first-order chi connectivity index (χ1) is 17.0. The molecule has 196 valence electrons. The summed E-state index contributed by atoms with van der Waals surface area (Å²) in [5.74, 6) is -2.73. The summed E-state index contributed by atoms with van der Waals surface area (Å²) in [4.78, 5) is 57.1. The van der Waals surface area contributed by atoms with Crippen LogP contribution in [0.2, 0.25) is 0 Å². The predicted octanol–water partition coefficient (Wildman–Crippen LogP) is 1.69. The number of nitrogens with one attached hydrogen (secondary N) is 1. The Balaban J connectivity index is 2.26. The van der Waals surface area contributed by atoms with Crippen LogP contribution in [0.3, 0.4) is 0 Å². The Labute approximate surface area is 206 Å². The maximum Gasteiger partial charge on any atom is 0.303 e. The first kappa shape index (κ1) is 28.2. The molecule has 0 amide bonds. The van der Waals surface area contributed by atoms with E-state index in [0.717, 1.165) is 20.8 Å². The second-order valence-corrected chi connectivity index (χ2v) is 7.78. The average Bonchev–Trinajstić information content (AvgIpc) is 2.78. The van der Waals surface area contributed by atoms with Gasteiger partial charge in [0.25, 0.3) is 5.69 Å². The zero-order valence-corrected chi connectivity index (χ0v) is 20.2. The number of carbonyl (C=O) groups excluding carboxylic acids is 4. The molecule has 1 aliphatic heterocycles. The molecule has 1 saturated heterocycles. The van der Waals surface area contributed by atoms with Gasteiger partial charge in [0.05, 0.1) is 4.92 Å². The van der Waals surface area contributed by atoms with Gasteiger partial charge in [0.15, 0.2) is 18.3 Å². The number of benzene rings is 1. The summed E-state index contributed by atoms with van der Waals surface area (Å²) in [5, 5.41) is 13.8. The molecule has 1 aromatic rings. The molecule has 0 aromatic heterocycles. The minimum absolute atomic E-state index is 0.0476. The van der Waals surface area contributed by atoms with Crippen LogP contribution in [0, 0.1) is 10.1 Å². The number of nitrogens with zero attached hydrogens (tertiary/aromatic N) is 1. The van der Waals surface area contributed by atoms with Gasteiger partial charge in [-0.15, -0.1) is 0 Å². The maximum atomic E-state index is 11.8. The summed E-state index contributed by atoms with van der Waals surface area (Å²) in [5.41, 5.74) is 0.570. The third-order valence-corrected chi connectivity index (χ3v) is 4.85. The number of non-ortho nitro benzene ring substituents is 1. The second kappa shape index (κ2) is 13.2. The van der Waals surface area contributed by atoms with E-state index in [-0.39, 0.29) is 18.8 Å². The fraction of sp³-hybridized carbons (Fsp3) is 0.478. The third kappa shape index (κ3) is 8.65. The molecule has 1 heterocycles. The van der Waals surface area contributed by atoms with E-state index in [4.69, 9.17) is 23.7 Å². The molecule has 1 aliphatic rings. The fourth-order valence-corrected chi connectivity index (χ4v) is 3.50. The predicted molar refractivity (Wildman–Crippen MR) is 123 cm³/mol. The molecule has 1 N–H and O–H groups in total. The van der Waals surface area contributed by atoms with Crippen molar-refractivity contribution in [3.63, 3.8) is 0 Å². The van der Waals surface area contributed by atoms with E-state index in [2.05, 4.69) is 5.32 Å². The molecule has 0 aliphatic carbocycles. The summed E-state index contributed by atoms with van der Waals surface area (Å²) in [6, 6.07) is 5.79. The molecular weight excluding hydrogens is 480 g/mol. The van der Waals surface area contributed by atoms with Gasteiger partial charge in [-0.05, 0) is 12.1 Å². The van der Waals surface area contributed by atoms with E-state index in [9.17, 15) is 29.3 Å². The van der Waals surface area contributed by atoms with Crippen molar-refractivity contribution >= 4 is 35.3 Å². The van der Waals surface area contributed by atoms with E-state index in [1.54, 1.807) is 24.3 Å². The van der Waals surface area contributed by atoms with Crippen molar-refractivity contribution in [3.8, 4) is 0 Å². The van der Waals surface area contributed by atoms with Crippen molar-refractivity contribution in [1.82, 2.24) is 0 Å². The topological polar surface area (TPSA) is 170 Å². The van der Waals surface area contributed by atoms with Gasteiger partial charge in [-0.2, -0.15) is 0 Å². The van der Waals surface area contributed by atoms with Crippen molar-refractivity contribution in [2.45, 2.75) is 58.2 Å². The van der Waals surface area contributed by atoms with Crippen LogP contribution in [-0.2, 0) is 42.9 Å². The van der Waals surface area contributed by atoms with E-state index in [0.29, 0.717) is 5.69 Å². The number of nitro groups is 1. The number of ether oxygens (including phenoxy) is 5. The van der Waals surface area contributed by atoms with Gasteiger partial charge >= 0.3 is 23.9 Å². The lowest BCUT2D eigenvalue weighted by Gasteiger charge is -2.43. The van der Waals surface area contributed by atoms with E-state index < -0.39 is 59.3 Å². The molecule has 13 heteroatoms. The summed E-state index contributed by atoms with van der Waals surface area (Å²) in [6.45, 7) is 4.58. The van der Waals surface area contributed by atoms with Crippen molar-refractivity contribution in [1.29, 1.82) is 0 Å². The van der Waals surface area contributed by atoms with Gasteiger partial charge in [0.1, 0.15) is 18.8 Å². The van der Waals surface area contributed by atoms with Gasteiger partial charge in [0.2, 0.25) is 0 Å². The Kier molecular flexibility index (Phi) is 10.3. The van der Waals surface area contributed by atoms with Crippen LogP contribution < -0.4 is 5.32 Å². The first-order valence-corrected chi connectivity index (χ1v) is 10.9. The van der Waals surface area contributed by atoms with Crippen LogP contribution in [0.25, 0.3) is 0 Å². The first-order valence-electron chi connectivity index (χ1n) is 10.9. The largest absolute Gasteiger partial charge is 0.463 e. The molecule has 5 atom stereocenters. The normalized spacial score (nSPS) is 23.4. The quantitative estimate of drug-likeness (QED) is 0.160. The number of hydrogen-bond donors (Lipinski definition) is 1. The van der Waals surface area contributed by atoms with Crippen LogP contribution in [-0.4, -0.2) is 72.5 Å². The summed E-state index contributed by atoms with van der Waals surface area (Å²) >= 11 is 0. The second-order valence-electron chi connectivity index (χ2n) is 7.78. The third-order valence-electron chi connectivity index (χ3n) is 4.85. The minimum atomic E-state index is -1.25. The Morgan fingerprint density at radius 1 is 0.917 bits per heavy atom. The van der Waals surface area contributed by atoms with Crippen LogP contribution in [0.5, 0.6) is 0 Å². The summed E-state index contributed by atoms with van der Waals surface area (Å²) in [7, 11) is 0. The molecule has 0 saturated carbocycles. The van der Waals surface area contributed by atoms with Crippen molar-refractivity contribution < 1.29 is 47.8 Å². The van der Waals surface area contributed by atoms with E-state index >= 15 is 0 Å². The lowest BCUT2D eigenvalue weighted by molar-refractivity contribution is -0.384. The molecule has 1 aromatic carbocycles. The SMILES string of the molecule is CC(=O)OC[C@H]1O[C@@H](/C=C/CNc2ccc([N+](=O)[O-])cc2)[C@H](OC(C)=O)[C@@H](OC(C)=O)[C@H]1OC(C)=O. The molecule has 1 fully saturated rings. The highest BCUT2D eigenvalue weighted by atomic mass is 16.7. The number of carbonyl (C=O) groups is 4. The van der Waals surface area contributed by atoms with Crippen LogP contribution in [0.15, 0.2) is 36.4 Å². The molecule has 0 unspecified atom stereocenters. The number of anilines is 1. The van der Waals surface area contributed by atoms with Crippen LogP contribution in [0.1, 0.15) is 27.7 Å². The molecule has 0 spiro atoms. The van der Waals surface area contributed by atoms with E-state index in [1.165, 1.54) is 19.1 Å². The molecule has 2 rings (SSSR count). The molecule has 0 bridgehead atoms. The van der Waals surface area contributed by atoms with Crippen LogP contribution >= 0.6 is 0 Å². The van der Waals surface area contributed by atoms with Gasteiger partial charge in [-0.3, -0.25) is 29.3 Å². The molecular formula is C23H28N2O11. The Bertz CT molecular complexity index is 992. The Morgan fingerprint density at radius 3 is 2.00 bits per heavy atom. The maximum absolute atomic E-state index is 11.8. The number of rotatable bonds is 10.